The number of nitrogens with zero attached hydrogens (tertiary/aromatic N) is 1. The lowest BCUT2D eigenvalue weighted by molar-refractivity contribution is -0.137. The van der Waals surface area contributed by atoms with E-state index in [0.29, 0.717) is 36.9 Å². The molecule has 5 nitrogen and oxygen atoms in total. The summed E-state index contributed by atoms with van der Waals surface area (Å²) < 4.78 is 64.9. The molecule has 2 aromatic carbocycles. The predicted octanol–water partition coefficient (Wildman–Crippen LogP) is 4.74. The third-order valence-corrected chi connectivity index (χ3v) is 6.30. The number of carbonyl (C=O) groups excluding carboxylic acids is 1. The van der Waals surface area contributed by atoms with Crippen LogP contribution in [0, 0.1) is 5.82 Å². The van der Waals surface area contributed by atoms with Crippen LogP contribution in [0.3, 0.4) is 0 Å². The Labute approximate surface area is 183 Å². The minimum atomic E-state index is -4.64. The van der Waals surface area contributed by atoms with Gasteiger partial charge in [0.2, 0.25) is 0 Å². The molecule has 0 radical (unpaired) electrons. The Morgan fingerprint density at radius 3 is 2.34 bits per heavy atom. The molecule has 2 amide bonds. The van der Waals surface area contributed by atoms with E-state index in [-0.39, 0.29) is 0 Å². The smallest absolute Gasteiger partial charge is 0.399 e. The van der Waals surface area contributed by atoms with Crippen molar-refractivity contribution in [3.8, 4) is 0 Å². The Hall–Kier alpha value is -2.59. The highest BCUT2D eigenvalue weighted by molar-refractivity contribution is 6.62. The van der Waals surface area contributed by atoms with Crippen LogP contribution in [-0.2, 0) is 21.9 Å². The summed E-state index contributed by atoms with van der Waals surface area (Å²) in [5.41, 5.74) is -0.245. The molecular weight excluding hydrogens is 427 g/mol. The van der Waals surface area contributed by atoms with Gasteiger partial charge in [0.25, 0.3) is 0 Å². The van der Waals surface area contributed by atoms with E-state index in [1.807, 2.05) is 33.8 Å². The van der Waals surface area contributed by atoms with Gasteiger partial charge in [-0.25, -0.2) is 9.18 Å². The molecule has 2 heterocycles. The molecule has 0 atom stereocenters. The lowest BCUT2D eigenvalue weighted by atomic mass is 9.78. The number of halogens is 4. The summed E-state index contributed by atoms with van der Waals surface area (Å²) in [5, 5.41) is 2.26. The second kappa shape index (κ2) is 7.49. The van der Waals surface area contributed by atoms with Crippen LogP contribution in [0.4, 0.5) is 33.7 Å². The molecule has 0 unspecified atom stereocenters. The molecule has 2 aliphatic rings. The minimum Gasteiger partial charge on any atom is -0.399 e. The second-order valence-corrected chi connectivity index (χ2v) is 9.00. The first-order valence-corrected chi connectivity index (χ1v) is 10.2. The number of hydrogen-bond acceptors (Lipinski definition) is 3. The van der Waals surface area contributed by atoms with Crippen LogP contribution in [0.25, 0.3) is 0 Å². The summed E-state index contributed by atoms with van der Waals surface area (Å²) >= 11 is 0. The zero-order valence-electron chi connectivity index (χ0n) is 18.1. The van der Waals surface area contributed by atoms with Gasteiger partial charge in [0.05, 0.1) is 22.5 Å². The average molecular weight is 450 g/mol. The molecule has 2 aromatic rings. The zero-order chi connectivity index (χ0) is 23.5. The maximum absolute atomic E-state index is 14.0. The molecule has 1 N–H and O–H groups in total. The lowest BCUT2D eigenvalue weighted by Gasteiger charge is -2.32. The number of rotatable bonds is 2. The number of alkyl halides is 3. The molecule has 0 aromatic heterocycles. The largest absolute Gasteiger partial charge is 0.494 e. The van der Waals surface area contributed by atoms with Crippen LogP contribution < -0.4 is 15.7 Å². The van der Waals surface area contributed by atoms with E-state index in [0.717, 1.165) is 11.0 Å². The molecule has 1 saturated heterocycles. The molecule has 1 fully saturated rings. The van der Waals surface area contributed by atoms with E-state index < -0.39 is 47.6 Å². The van der Waals surface area contributed by atoms with Gasteiger partial charge in [-0.3, -0.25) is 4.90 Å². The van der Waals surface area contributed by atoms with Crippen molar-refractivity contribution in [1.82, 2.24) is 0 Å². The fraction of sp³-hybridized carbons (Fsp3) is 0.409. The number of fused-ring (bicyclic) bond motifs is 1. The highest BCUT2D eigenvalue weighted by Gasteiger charge is 2.51. The van der Waals surface area contributed by atoms with Gasteiger partial charge in [0.15, 0.2) is 0 Å². The Kier molecular flexibility index (Phi) is 5.29. The van der Waals surface area contributed by atoms with Crippen LogP contribution in [0.5, 0.6) is 0 Å². The van der Waals surface area contributed by atoms with Gasteiger partial charge in [-0.1, -0.05) is 12.1 Å². The van der Waals surface area contributed by atoms with Crippen molar-refractivity contribution in [2.24, 2.45) is 0 Å². The quantitative estimate of drug-likeness (QED) is 0.532. The second-order valence-electron chi connectivity index (χ2n) is 9.00. The third kappa shape index (κ3) is 3.97. The van der Waals surface area contributed by atoms with E-state index in [9.17, 15) is 22.4 Å². The normalized spacial score (nSPS) is 19.2. The third-order valence-electron chi connectivity index (χ3n) is 6.30. The van der Waals surface area contributed by atoms with Gasteiger partial charge < -0.3 is 14.6 Å². The first-order valence-electron chi connectivity index (χ1n) is 10.2. The summed E-state index contributed by atoms with van der Waals surface area (Å²) in [6, 6.07) is 6.63. The van der Waals surface area contributed by atoms with Crippen molar-refractivity contribution in [3.63, 3.8) is 0 Å². The molecule has 2 aliphatic heterocycles. The molecule has 0 bridgehead atoms. The van der Waals surface area contributed by atoms with Crippen molar-refractivity contribution in [2.75, 3.05) is 16.8 Å². The van der Waals surface area contributed by atoms with E-state index in [2.05, 4.69) is 5.32 Å². The van der Waals surface area contributed by atoms with Gasteiger partial charge in [-0.2, -0.15) is 13.2 Å². The van der Waals surface area contributed by atoms with Gasteiger partial charge in [-0.05, 0) is 69.4 Å². The zero-order valence-corrected chi connectivity index (χ0v) is 18.1. The average Bonchev–Trinajstić information content (AvgIpc) is 3.19. The Balaban J connectivity index is 1.53. The molecular formula is C22H23BF4N2O3. The van der Waals surface area contributed by atoms with Crippen molar-refractivity contribution in [1.29, 1.82) is 0 Å². The summed E-state index contributed by atoms with van der Waals surface area (Å²) in [7, 11) is -0.549. The molecule has 170 valence electrons. The molecule has 0 spiro atoms. The lowest BCUT2D eigenvalue weighted by Crippen LogP contribution is -2.41. The standard InChI is InChI=1S/C22H23BF4N2O3/c1-20(2)21(3,4)32-23(31-20)15-6-8-18-13(11-15)9-10-29(18)19(30)28-17-12-14(22(25,26)27)5-7-16(17)24/h5-8,11-12H,9-10H2,1-4H3,(H,28,30). The molecule has 0 aliphatic carbocycles. The van der Waals surface area contributed by atoms with Crippen LogP contribution in [-0.4, -0.2) is 30.9 Å². The Morgan fingerprint density at radius 1 is 1.06 bits per heavy atom. The van der Waals surface area contributed by atoms with E-state index >= 15 is 0 Å². The van der Waals surface area contributed by atoms with Gasteiger partial charge in [-0.15, -0.1) is 0 Å². The first kappa shape index (κ1) is 22.6. The van der Waals surface area contributed by atoms with E-state index in [1.165, 1.54) is 4.90 Å². The fourth-order valence-electron chi connectivity index (χ4n) is 3.74. The van der Waals surface area contributed by atoms with E-state index in [4.69, 9.17) is 9.31 Å². The van der Waals surface area contributed by atoms with Crippen LogP contribution in [0.2, 0.25) is 0 Å². The van der Waals surface area contributed by atoms with Gasteiger partial charge in [0.1, 0.15) is 5.82 Å². The summed E-state index contributed by atoms with van der Waals surface area (Å²) in [6.07, 6.45) is -4.10. The topological polar surface area (TPSA) is 50.8 Å². The van der Waals surface area contributed by atoms with Crippen molar-refractivity contribution in [3.05, 3.63) is 53.3 Å². The highest BCUT2D eigenvalue weighted by Crippen LogP contribution is 2.37. The minimum absolute atomic E-state index is 0.314. The highest BCUT2D eigenvalue weighted by atomic mass is 19.4. The fourth-order valence-corrected chi connectivity index (χ4v) is 3.74. The van der Waals surface area contributed by atoms with E-state index in [1.54, 1.807) is 12.1 Å². The number of carbonyl (C=O) groups is 1. The Bertz CT molecular complexity index is 1060. The van der Waals surface area contributed by atoms with Crippen LogP contribution >= 0.6 is 0 Å². The van der Waals surface area contributed by atoms with Crippen LogP contribution in [0.15, 0.2) is 36.4 Å². The summed E-state index contributed by atoms with van der Waals surface area (Å²) in [4.78, 5) is 14.1. The Morgan fingerprint density at radius 2 is 1.72 bits per heavy atom. The van der Waals surface area contributed by atoms with Crippen molar-refractivity contribution < 1.29 is 31.7 Å². The maximum atomic E-state index is 14.0. The summed E-state index contributed by atoms with van der Waals surface area (Å²) in [6.45, 7) is 8.14. The number of nitrogens with one attached hydrogen (secondary N) is 1. The number of amides is 2. The van der Waals surface area contributed by atoms with Gasteiger partial charge in [0, 0.05) is 12.2 Å². The number of benzene rings is 2. The van der Waals surface area contributed by atoms with Crippen LogP contribution in [0.1, 0.15) is 38.8 Å². The van der Waals surface area contributed by atoms with Gasteiger partial charge >= 0.3 is 19.3 Å². The molecule has 4 rings (SSSR count). The van der Waals surface area contributed by atoms with Crippen molar-refractivity contribution in [2.45, 2.75) is 51.5 Å². The monoisotopic (exact) mass is 450 g/mol. The van der Waals surface area contributed by atoms with Crippen molar-refractivity contribution >= 4 is 30.0 Å². The number of anilines is 2. The number of urea groups is 1. The molecule has 32 heavy (non-hydrogen) atoms. The molecule has 0 saturated carbocycles. The number of hydrogen-bond donors (Lipinski definition) is 1. The SMILES string of the molecule is CC1(C)OB(c2ccc3c(c2)CCN3C(=O)Nc2cc(C(F)(F)F)ccc2F)OC1(C)C. The summed E-state index contributed by atoms with van der Waals surface area (Å²) in [5.74, 6) is -0.943. The molecule has 10 heteroatoms. The predicted molar refractivity (Wildman–Crippen MR) is 114 cm³/mol. The first-order chi connectivity index (χ1) is 14.8. The maximum Gasteiger partial charge on any atom is 0.494 e.